The summed E-state index contributed by atoms with van der Waals surface area (Å²) in [5.41, 5.74) is 1.06. The quantitative estimate of drug-likeness (QED) is 0.776. The molecule has 2 aromatic carbocycles. The minimum Gasteiger partial charge on any atom is -0.493 e. The molecular weight excluding hydrogens is 348 g/mol. The van der Waals surface area contributed by atoms with Crippen LogP contribution in [0.5, 0.6) is 23.0 Å². The third kappa shape index (κ3) is 4.75. The highest BCUT2D eigenvalue weighted by atomic mass is 19.3. The normalized spacial score (nSPS) is 10.4. The number of ether oxygens (including phenoxy) is 4. The maximum absolute atomic E-state index is 12.2. The van der Waals surface area contributed by atoms with E-state index >= 15 is 0 Å². The lowest BCUT2D eigenvalue weighted by atomic mass is 10.1. The van der Waals surface area contributed by atoms with Crippen LogP contribution in [0.3, 0.4) is 0 Å². The standard InChI is InChI=1S/C18H19F2NO5/c1-23-14-8-11(9-15(24-2)16(14)25-3)10-21-17(22)12-4-6-13(7-5-12)26-18(19)20/h4-9,18H,10H2,1-3H3,(H,21,22). The van der Waals surface area contributed by atoms with Gasteiger partial charge in [0, 0.05) is 12.1 Å². The maximum Gasteiger partial charge on any atom is 0.387 e. The van der Waals surface area contributed by atoms with Crippen molar-refractivity contribution in [2.75, 3.05) is 21.3 Å². The fourth-order valence-electron chi connectivity index (χ4n) is 2.31. The molecule has 0 aliphatic heterocycles. The van der Waals surface area contributed by atoms with E-state index in [0.29, 0.717) is 22.8 Å². The highest BCUT2D eigenvalue weighted by molar-refractivity contribution is 5.94. The Balaban J connectivity index is 2.07. The number of amides is 1. The van der Waals surface area contributed by atoms with Crippen molar-refractivity contribution in [2.45, 2.75) is 13.2 Å². The number of nitrogens with one attached hydrogen (secondary N) is 1. The molecule has 0 bridgehead atoms. The molecule has 0 aliphatic carbocycles. The van der Waals surface area contributed by atoms with Gasteiger partial charge in [-0.15, -0.1) is 0 Å². The van der Waals surface area contributed by atoms with Crippen molar-refractivity contribution in [2.24, 2.45) is 0 Å². The minimum absolute atomic E-state index is 0.0128. The van der Waals surface area contributed by atoms with Gasteiger partial charge >= 0.3 is 6.61 Å². The van der Waals surface area contributed by atoms with E-state index in [1.165, 1.54) is 45.6 Å². The molecule has 0 saturated heterocycles. The molecule has 0 aromatic heterocycles. The van der Waals surface area contributed by atoms with Crippen LogP contribution in [-0.2, 0) is 6.54 Å². The van der Waals surface area contributed by atoms with Gasteiger partial charge in [-0.3, -0.25) is 4.79 Å². The molecule has 0 atom stereocenters. The molecule has 0 aliphatic rings. The summed E-state index contributed by atoms with van der Waals surface area (Å²) < 4.78 is 44.3. The SMILES string of the molecule is COc1cc(CNC(=O)c2ccc(OC(F)F)cc2)cc(OC)c1OC. The van der Waals surface area contributed by atoms with Crippen molar-refractivity contribution in [3.8, 4) is 23.0 Å². The molecule has 140 valence electrons. The van der Waals surface area contributed by atoms with E-state index in [1.807, 2.05) is 0 Å². The lowest BCUT2D eigenvalue weighted by Gasteiger charge is -2.14. The van der Waals surface area contributed by atoms with Gasteiger partial charge in [0.15, 0.2) is 11.5 Å². The lowest BCUT2D eigenvalue weighted by Crippen LogP contribution is -2.22. The average Bonchev–Trinajstić information content (AvgIpc) is 2.65. The zero-order valence-electron chi connectivity index (χ0n) is 14.5. The second-order valence-corrected chi connectivity index (χ2v) is 5.12. The largest absolute Gasteiger partial charge is 0.493 e. The van der Waals surface area contributed by atoms with Gasteiger partial charge in [-0.2, -0.15) is 8.78 Å². The van der Waals surface area contributed by atoms with Crippen LogP contribution >= 0.6 is 0 Å². The maximum atomic E-state index is 12.2. The van der Waals surface area contributed by atoms with Gasteiger partial charge in [0.25, 0.3) is 5.91 Å². The number of rotatable bonds is 8. The third-order valence-electron chi connectivity index (χ3n) is 3.52. The van der Waals surface area contributed by atoms with Crippen molar-refractivity contribution < 1.29 is 32.5 Å². The van der Waals surface area contributed by atoms with Gasteiger partial charge in [0.05, 0.1) is 21.3 Å². The predicted octanol–water partition coefficient (Wildman–Crippen LogP) is 3.24. The Morgan fingerprint density at radius 1 is 1.00 bits per heavy atom. The molecule has 1 amide bonds. The van der Waals surface area contributed by atoms with E-state index in [4.69, 9.17) is 14.2 Å². The van der Waals surface area contributed by atoms with Gasteiger partial charge in [0.1, 0.15) is 5.75 Å². The minimum atomic E-state index is -2.91. The van der Waals surface area contributed by atoms with Crippen LogP contribution < -0.4 is 24.3 Å². The summed E-state index contributed by atoms with van der Waals surface area (Å²) in [6, 6.07) is 8.87. The van der Waals surface area contributed by atoms with Gasteiger partial charge in [-0.1, -0.05) is 0 Å². The Morgan fingerprint density at radius 3 is 2.04 bits per heavy atom. The number of alkyl halides is 2. The zero-order valence-corrected chi connectivity index (χ0v) is 14.5. The number of carbonyl (C=O) groups is 1. The molecule has 0 radical (unpaired) electrons. The summed E-state index contributed by atoms with van der Waals surface area (Å²) in [6.07, 6.45) is 0. The summed E-state index contributed by atoms with van der Waals surface area (Å²) in [7, 11) is 4.51. The van der Waals surface area contributed by atoms with E-state index in [0.717, 1.165) is 5.56 Å². The number of benzene rings is 2. The van der Waals surface area contributed by atoms with Crippen LogP contribution in [0.4, 0.5) is 8.78 Å². The molecule has 0 spiro atoms. The molecule has 8 heteroatoms. The van der Waals surface area contributed by atoms with E-state index < -0.39 is 6.61 Å². The summed E-state index contributed by atoms with van der Waals surface area (Å²) in [5.74, 6) is 1.04. The molecule has 0 unspecified atom stereocenters. The van der Waals surface area contributed by atoms with Crippen molar-refractivity contribution in [3.05, 3.63) is 47.5 Å². The summed E-state index contributed by atoms with van der Waals surface area (Å²) >= 11 is 0. The molecule has 0 saturated carbocycles. The fourth-order valence-corrected chi connectivity index (χ4v) is 2.31. The van der Waals surface area contributed by atoms with E-state index in [1.54, 1.807) is 12.1 Å². The van der Waals surface area contributed by atoms with Crippen LogP contribution in [0.25, 0.3) is 0 Å². The summed E-state index contributed by atoms with van der Waals surface area (Å²) in [6.45, 7) is -2.69. The number of hydrogen-bond donors (Lipinski definition) is 1. The molecule has 6 nitrogen and oxygen atoms in total. The number of carbonyl (C=O) groups excluding carboxylic acids is 1. The first-order chi connectivity index (χ1) is 12.5. The first-order valence-corrected chi connectivity index (χ1v) is 7.60. The van der Waals surface area contributed by atoms with E-state index in [2.05, 4.69) is 10.1 Å². The summed E-state index contributed by atoms with van der Waals surface area (Å²) in [5, 5.41) is 2.74. The number of methoxy groups -OCH3 is 3. The Bertz CT molecular complexity index is 725. The molecule has 0 fully saturated rings. The predicted molar refractivity (Wildman–Crippen MR) is 90.3 cm³/mol. The Labute approximate surface area is 149 Å². The van der Waals surface area contributed by atoms with Gasteiger partial charge in [-0.05, 0) is 42.0 Å². The molecular formula is C18H19F2NO5. The highest BCUT2D eigenvalue weighted by Crippen LogP contribution is 2.38. The molecule has 1 N–H and O–H groups in total. The molecule has 2 aromatic rings. The lowest BCUT2D eigenvalue weighted by molar-refractivity contribution is -0.0498. The number of halogens is 2. The van der Waals surface area contributed by atoms with Crippen LogP contribution in [0.15, 0.2) is 36.4 Å². The van der Waals surface area contributed by atoms with Crippen LogP contribution in [-0.4, -0.2) is 33.8 Å². The van der Waals surface area contributed by atoms with E-state index in [-0.39, 0.29) is 18.2 Å². The molecule has 2 rings (SSSR count). The van der Waals surface area contributed by atoms with Gasteiger partial charge < -0.3 is 24.3 Å². The van der Waals surface area contributed by atoms with Gasteiger partial charge in [0.2, 0.25) is 5.75 Å². The van der Waals surface area contributed by atoms with Crippen molar-refractivity contribution in [3.63, 3.8) is 0 Å². The first-order valence-electron chi connectivity index (χ1n) is 7.60. The monoisotopic (exact) mass is 367 g/mol. The zero-order chi connectivity index (χ0) is 19.1. The summed E-state index contributed by atoms with van der Waals surface area (Å²) in [4.78, 5) is 12.2. The Hall–Kier alpha value is -3.03. The van der Waals surface area contributed by atoms with Crippen molar-refractivity contribution in [1.29, 1.82) is 0 Å². The van der Waals surface area contributed by atoms with Crippen molar-refractivity contribution >= 4 is 5.91 Å². The second-order valence-electron chi connectivity index (χ2n) is 5.12. The van der Waals surface area contributed by atoms with Crippen LogP contribution in [0.1, 0.15) is 15.9 Å². The van der Waals surface area contributed by atoms with E-state index in [9.17, 15) is 13.6 Å². The smallest absolute Gasteiger partial charge is 0.387 e. The number of hydrogen-bond acceptors (Lipinski definition) is 5. The molecule has 0 heterocycles. The molecule has 26 heavy (non-hydrogen) atoms. The van der Waals surface area contributed by atoms with Crippen LogP contribution in [0.2, 0.25) is 0 Å². The Morgan fingerprint density at radius 2 is 1.58 bits per heavy atom. The third-order valence-corrected chi connectivity index (χ3v) is 3.52. The van der Waals surface area contributed by atoms with Crippen molar-refractivity contribution in [1.82, 2.24) is 5.32 Å². The fraction of sp³-hybridized carbons (Fsp3) is 0.278. The topological polar surface area (TPSA) is 66.0 Å². The Kier molecular flexibility index (Phi) is 6.60. The average molecular weight is 367 g/mol. The highest BCUT2D eigenvalue weighted by Gasteiger charge is 2.14. The second kappa shape index (κ2) is 8.89. The van der Waals surface area contributed by atoms with Gasteiger partial charge in [-0.25, -0.2) is 0 Å². The van der Waals surface area contributed by atoms with Crippen LogP contribution in [0, 0.1) is 0 Å². The first kappa shape index (κ1) is 19.3.